The predicted octanol–water partition coefficient (Wildman–Crippen LogP) is 2.00. The van der Waals surface area contributed by atoms with Crippen LogP contribution in [0.2, 0.25) is 0 Å². The van der Waals surface area contributed by atoms with Gasteiger partial charge in [0.15, 0.2) is 0 Å². The van der Waals surface area contributed by atoms with Crippen LogP contribution in [-0.4, -0.2) is 74.2 Å². The summed E-state index contributed by atoms with van der Waals surface area (Å²) in [6.45, 7) is 3.40. The molecule has 0 radical (unpaired) electrons. The third kappa shape index (κ3) is 5.29. The van der Waals surface area contributed by atoms with E-state index >= 15 is 0 Å². The molecule has 12 nitrogen and oxygen atoms in total. The number of carbonyl (C=O) groups is 2. The fourth-order valence-electron chi connectivity index (χ4n) is 7.31. The third-order valence-corrected chi connectivity index (χ3v) is 9.53. The van der Waals surface area contributed by atoms with Crippen LogP contribution >= 0.6 is 0 Å². The molecule has 0 spiro atoms. The molecule has 0 bridgehead atoms. The van der Waals surface area contributed by atoms with Gasteiger partial charge in [-0.15, -0.1) is 0 Å². The number of carbonyl (C=O) groups excluding carboxylic acids is 2. The first-order valence-corrected chi connectivity index (χ1v) is 14.7. The van der Waals surface area contributed by atoms with E-state index in [0.717, 1.165) is 32.1 Å². The van der Waals surface area contributed by atoms with Crippen LogP contribution in [0, 0.1) is 23.2 Å². The van der Waals surface area contributed by atoms with E-state index in [1.165, 1.54) is 21.1 Å². The van der Waals surface area contributed by atoms with Crippen molar-refractivity contribution in [3.63, 3.8) is 0 Å². The number of aromatic hydroxyl groups is 1. The van der Waals surface area contributed by atoms with E-state index in [1.54, 1.807) is 4.90 Å². The number of aromatic nitrogens is 2. The maximum Gasteiger partial charge on any atom is 0.334 e. The van der Waals surface area contributed by atoms with E-state index in [0.29, 0.717) is 51.8 Å². The lowest BCUT2D eigenvalue weighted by atomic mass is 9.82. The van der Waals surface area contributed by atoms with Crippen LogP contribution in [0.4, 0.5) is 4.79 Å². The molecule has 3 amide bonds. The van der Waals surface area contributed by atoms with Crippen molar-refractivity contribution >= 4 is 17.8 Å². The van der Waals surface area contributed by atoms with Gasteiger partial charge in [-0.25, -0.2) is 9.59 Å². The Hall–Kier alpha value is -3.15. The second kappa shape index (κ2) is 11.4. The van der Waals surface area contributed by atoms with Crippen molar-refractivity contribution in [2.24, 2.45) is 23.5 Å². The van der Waals surface area contributed by atoms with Crippen LogP contribution < -0.4 is 17.0 Å². The molecule has 2 aliphatic carbocycles. The first kappa shape index (κ1) is 28.4. The second-order valence-electron chi connectivity index (χ2n) is 12.3. The summed E-state index contributed by atoms with van der Waals surface area (Å²) in [6.07, 6.45) is 8.07. The van der Waals surface area contributed by atoms with Gasteiger partial charge in [-0.3, -0.25) is 29.0 Å². The summed E-state index contributed by atoms with van der Waals surface area (Å²) in [5.41, 5.74) is 4.09. The van der Waals surface area contributed by atoms with Crippen molar-refractivity contribution in [1.82, 2.24) is 18.9 Å². The van der Waals surface area contributed by atoms with E-state index in [2.05, 4.69) is 0 Å². The lowest BCUT2D eigenvalue weighted by molar-refractivity contribution is -0.128. The highest BCUT2D eigenvalue weighted by Crippen LogP contribution is 2.36. The Balaban J connectivity index is 1.31. The third-order valence-electron chi connectivity index (χ3n) is 9.53. The number of likely N-dealkylation sites (N-methyl/N-ethyl adjacent to an activating group) is 1. The van der Waals surface area contributed by atoms with Gasteiger partial charge in [0.1, 0.15) is 17.4 Å². The van der Waals surface area contributed by atoms with Gasteiger partial charge in [-0.2, -0.15) is 0 Å². The van der Waals surface area contributed by atoms with Crippen molar-refractivity contribution in [1.29, 1.82) is 5.41 Å². The number of amides is 3. The van der Waals surface area contributed by atoms with Crippen LogP contribution in [0.15, 0.2) is 9.59 Å². The van der Waals surface area contributed by atoms with Crippen LogP contribution in [0.25, 0.3) is 0 Å². The summed E-state index contributed by atoms with van der Waals surface area (Å²) in [7, 11) is 1.53. The Labute approximate surface area is 233 Å². The smallest absolute Gasteiger partial charge is 0.334 e. The lowest BCUT2D eigenvalue weighted by Gasteiger charge is -2.33. The normalized spacial score (nSPS) is 29.6. The molecular weight excluding hydrogens is 516 g/mol. The molecule has 2 aliphatic heterocycles. The highest BCUT2D eigenvalue weighted by atomic mass is 16.5. The van der Waals surface area contributed by atoms with Gasteiger partial charge in [0.05, 0.1) is 12.7 Å². The Morgan fingerprint density at radius 2 is 1.68 bits per heavy atom. The van der Waals surface area contributed by atoms with Gasteiger partial charge in [0.25, 0.3) is 11.5 Å². The van der Waals surface area contributed by atoms with E-state index in [-0.39, 0.29) is 47.4 Å². The van der Waals surface area contributed by atoms with Crippen molar-refractivity contribution < 1.29 is 19.4 Å². The van der Waals surface area contributed by atoms with E-state index in [1.807, 2.05) is 6.92 Å². The summed E-state index contributed by atoms with van der Waals surface area (Å²) in [4.78, 5) is 55.6. The Morgan fingerprint density at radius 3 is 2.27 bits per heavy atom. The van der Waals surface area contributed by atoms with Gasteiger partial charge >= 0.3 is 11.7 Å². The number of rotatable bonds is 8. The lowest BCUT2D eigenvalue weighted by Crippen LogP contribution is -2.47. The van der Waals surface area contributed by atoms with Crippen molar-refractivity contribution in [3.05, 3.63) is 26.4 Å². The molecular formula is C28H42N6O6. The SMILES string of the molecule is CC1CC(CN2C(=O)N(C)C(=O)C2CC2CCC(n3c(=O)c(C(=N)N)c(O)n(CC4CCCC4)c3=O)CC2)CO1. The first-order chi connectivity index (χ1) is 19.1. The average molecular weight is 559 g/mol. The van der Waals surface area contributed by atoms with Crippen LogP contribution in [0.3, 0.4) is 0 Å². The average Bonchev–Trinajstić information content (AvgIpc) is 3.63. The number of imide groups is 1. The van der Waals surface area contributed by atoms with Crippen molar-refractivity contribution in [2.45, 2.75) is 95.9 Å². The molecule has 1 aromatic heterocycles. The standard InChI is InChI=1S/C28H42N6O6/c1-16-11-19(15-40-16)14-32-21(24(35)31(2)27(32)38)12-17-7-9-20(10-8-17)34-26(37)22(23(29)30)25(36)33(28(34)39)13-18-5-3-4-6-18/h16-21,36H,3-15H2,1-2H3,(H3,29,30). The minimum Gasteiger partial charge on any atom is -0.494 e. The molecule has 12 heteroatoms. The Bertz CT molecular complexity index is 1280. The number of nitrogens with one attached hydrogen (secondary N) is 1. The quantitative estimate of drug-likeness (QED) is 0.249. The number of nitrogen functional groups attached to an aromatic ring is 1. The number of ether oxygens (including phenoxy) is 1. The minimum absolute atomic E-state index is 0.152. The zero-order valence-electron chi connectivity index (χ0n) is 23.5. The molecule has 4 aliphatic rings. The molecule has 40 heavy (non-hydrogen) atoms. The number of hydrogen-bond donors (Lipinski definition) is 3. The highest BCUT2D eigenvalue weighted by Gasteiger charge is 2.45. The molecule has 1 aromatic rings. The van der Waals surface area contributed by atoms with Crippen molar-refractivity contribution in [3.8, 4) is 5.88 Å². The molecule has 220 valence electrons. The van der Waals surface area contributed by atoms with Crippen LogP contribution in [0.1, 0.15) is 82.7 Å². The largest absolute Gasteiger partial charge is 0.494 e. The fourth-order valence-corrected chi connectivity index (χ4v) is 7.31. The number of amidine groups is 1. The van der Waals surface area contributed by atoms with Crippen LogP contribution in [0.5, 0.6) is 5.88 Å². The summed E-state index contributed by atoms with van der Waals surface area (Å²) in [5.74, 6) is -0.659. The topological polar surface area (TPSA) is 164 Å². The maximum absolute atomic E-state index is 13.5. The predicted molar refractivity (Wildman–Crippen MR) is 147 cm³/mol. The fraction of sp³-hybridized carbons (Fsp3) is 0.750. The number of hydrogen-bond acceptors (Lipinski definition) is 7. The zero-order chi connectivity index (χ0) is 28.7. The van der Waals surface area contributed by atoms with Gasteiger partial charge < -0.3 is 20.5 Å². The molecule has 4 fully saturated rings. The molecule has 2 saturated heterocycles. The Kier molecular flexibility index (Phi) is 8.08. The first-order valence-electron chi connectivity index (χ1n) is 14.7. The molecule has 3 atom stereocenters. The number of urea groups is 1. The van der Waals surface area contributed by atoms with Crippen LogP contribution in [-0.2, 0) is 16.1 Å². The summed E-state index contributed by atoms with van der Waals surface area (Å²) < 4.78 is 8.08. The molecule has 3 unspecified atom stereocenters. The monoisotopic (exact) mass is 558 g/mol. The van der Waals surface area contributed by atoms with Gasteiger partial charge in [-0.05, 0) is 70.1 Å². The minimum atomic E-state index is -0.724. The zero-order valence-corrected chi connectivity index (χ0v) is 23.5. The Morgan fingerprint density at radius 1 is 1.00 bits per heavy atom. The maximum atomic E-state index is 13.5. The highest BCUT2D eigenvalue weighted by molar-refractivity contribution is 6.03. The van der Waals surface area contributed by atoms with E-state index < -0.39 is 29.0 Å². The van der Waals surface area contributed by atoms with Gasteiger partial charge in [-0.1, -0.05) is 12.8 Å². The molecule has 3 heterocycles. The molecule has 4 N–H and O–H groups in total. The van der Waals surface area contributed by atoms with Gasteiger partial charge in [0, 0.05) is 32.1 Å². The van der Waals surface area contributed by atoms with E-state index in [4.69, 9.17) is 15.9 Å². The summed E-state index contributed by atoms with van der Waals surface area (Å²) in [5, 5.41) is 18.7. The number of nitrogens with zero attached hydrogens (tertiary/aromatic N) is 4. The summed E-state index contributed by atoms with van der Waals surface area (Å²) in [6, 6.07) is -1.17. The molecule has 5 rings (SSSR count). The summed E-state index contributed by atoms with van der Waals surface area (Å²) >= 11 is 0. The van der Waals surface area contributed by atoms with E-state index in [9.17, 15) is 24.3 Å². The van der Waals surface area contributed by atoms with Crippen molar-refractivity contribution in [2.75, 3.05) is 20.2 Å². The number of nitrogens with two attached hydrogens (primary N) is 1. The molecule has 0 aromatic carbocycles. The molecule has 2 saturated carbocycles. The second-order valence-corrected chi connectivity index (χ2v) is 12.3. The van der Waals surface area contributed by atoms with Gasteiger partial charge in [0.2, 0.25) is 5.88 Å².